The number of carbonyl (C=O) groups is 1. The maximum atomic E-state index is 10.8. The summed E-state index contributed by atoms with van der Waals surface area (Å²) in [6.45, 7) is 5.16. The molecule has 0 aliphatic heterocycles. The van der Waals surface area contributed by atoms with Gasteiger partial charge >= 0.3 is 0 Å². The van der Waals surface area contributed by atoms with Crippen molar-refractivity contribution >= 4 is 6.29 Å². The molecule has 3 atom stereocenters. The van der Waals surface area contributed by atoms with Gasteiger partial charge in [-0.1, -0.05) is 49.4 Å². The molecule has 0 amide bonds. The van der Waals surface area contributed by atoms with Crippen LogP contribution in [0, 0.1) is 5.92 Å². The second kappa shape index (κ2) is 11.5. The molecule has 2 rings (SSSR count). The third-order valence-electron chi connectivity index (χ3n) is 4.64. The fourth-order valence-electron chi connectivity index (χ4n) is 2.89. The number of hydrogen-bond acceptors (Lipinski definition) is 4. The second-order valence-corrected chi connectivity index (χ2v) is 6.94. The van der Waals surface area contributed by atoms with Crippen molar-refractivity contribution in [3.63, 3.8) is 0 Å². The highest BCUT2D eigenvalue weighted by Crippen LogP contribution is 2.20. The Balaban J connectivity index is 1.94. The summed E-state index contributed by atoms with van der Waals surface area (Å²) in [5.74, 6) is 1.08. The van der Waals surface area contributed by atoms with Gasteiger partial charge in [0.15, 0.2) is 0 Å². The van der Waals surface area contributed by atoms with E-state index in [1.54, 1.807) is 7.11 Å². The predicted octanol–water partition coefficient (Wildman–Crippen LogP) is 4.80. The van der Waals surface area contributed by atoms with E-state index in [1.165, 1.54) is 0 Å². The molecule has 0 N–H and O–H groups in total. The number of rotatable bonds is 12. The summed E-state index contributed by atoms with van der Waals surface area (Å²) in [6.07, 6.45) is 2.14. The summed E-state index contributed by atoms with van der Waals surface area (Å²) in [5, 5.41) is 0. The van der Waals surface area contributed by atoms with Gasteiger partial charge in [0, 0.05) is 6.42 Å². The number of benzene rings is 2. The standard InChI is InChI=1S/C23H30O4/c1-18(13-14-24)15-23(19(2)26-16-20-7-5-4-6-8-20)27-17-21-9-11-22(25-3)12-10-21/h4-12,14,18-19,23H,13,15-17H2,1-3H3/t18-,19+,23+/m0/s1. The van der Waals surface area contributed by atoms with Crippen LogP contribution in [0.15, 0.2) is 54.6 Å². The molecule has 0 saturated heterocycles. The Hall–Kier alpha value is -2.17. The molecule has 0 spiro atoms. The SMILES string of the molecule is COc1ccc(CO[C@H](C[C@@H](C)CC=O)[C@@H](C)OCc2ccccc2)cc1. The zero-order valence-corrected chi connectivity index (χ0v) is 16.5. The van der Waals surface area contributed by atoms with Crippen molar-refractivity contribution < 1.29 is 19.0 Å². The Morgan fingerprint density at radius 3 is 2.15 bits per heavy atom. The molecule has 0 aromatic heterocycles. The summed E-state index contributed by atoms with van der Waals surface area (Å²) < 4.78 is 17.4. The monoisotopic (exact) mass is 370 g/mol. The molecule has 0 aliphatic rings. The van der Waals surface area contributed by atoms with E-state index in [9.17, 15) is 4.79 Å². The van der Waals surface area contributed by atoms with Gasteiger partial charge in [0.25, 0.3) is 0 Å². The first-order valence-corrected chi connectivity index (χ1v) is 9.46. The molecule has 0 radical (unpaired) electrons. The first kappa shape index (κ1) is 21.1. The predicted molar refractivity (Wildman–Crippen MR) is 107 cm³/mol. The summed E-state index contributed by atoms with van der Waals surface area (Å²) in [4.78, 5) is 10.8. The highest BCUT2D eigenvalue weighted by Gasteiger charge is 2.21. The van der Waals surface area contributed by atoms with Crippen LogP contribution in [-0.4, -0.2) is 25.6 Å². The van der Waals surface area contributed by atoms with Crippen LogP contribution in [0.4, 0.5) is 0 Å². The molecule has 4 heteroatoms. The fourth-order valence-corrected chi connectivity index (χ4v) is 2.89. The minimum Gasteiger partial charge on any atom is -0.497 e. The quantitative estimate of drug-likeness (QED) is 0.503. The topological polar surface area (TPSA) is 44.8 Å². The van der Waals surface area contributed by atoms with Crippen molar-refractivity contribution in [3.05, 3.63) is 65.7 Å². The minimum atomic E-state index is -0.0780. The van der Waals surface area contributed by atoms with Crippen LogP contribution in [-0.2, 0) is 27.5 Å². The highest BCUT2D eigenvalue weighted by molar-refractivity contribution is 5.49. The van der Waals surface area contributed by atoms with Gasteiger partial charge in [0.05, 0.1) is 32.5 Å². The van der Waals surface area contributed by atoms with Gasteiger partial charge in [-0.3, -0.25) is 0 Å². The van der Waals surface area contributed by atoms with Gasteiger partial charge in [-0.05, 0) is 42.5 Å². The van der Waals surface area contributed by atoms with Gasteiger partial charge in [-0.25, -0.2) is 0 Å². The first-order valence-electron chi connectivity index (χ1n) is 9.46. The Kier molecular flexibility index (Phi) is 9.02. The highest BCUT2D eigenvalue weighted by atomic mass is 16.5. The lowest BCUT2D eigenvalue weighted by Gasteiger charge is -2.27. The van der Waals surface area contributed by atoms with E-state index in [1.807, 2.05) is 49.4 Å². The van der Waals surface area contributed by atoms with Crippen molar-refractivity contribution in [1.29, 1.82) is 0 Å². The number of carbonyl (C=O) groups excluding carboxylic acids is 1. The normalized spacial score (nSPS) is 14.3. The van der Waals surface area contributed by atoms with Crippen molar-refractivity contribution in [2.45, 2.75) is 52.1 Å². The minimum absolute atomic E-state index is 0.0717. The molecule has 0 unspecified atom stereocenters. The average Bonchev–Trinajstić information content (AvgIpc) is 2.70. The molecule has 2 aromatic carbocycles. The van der Waals surface area contributed by atoms with Gasteiger partial charge in [0.2, 0.25) is 0 Å². The number of ether oxygens (including phenoxy) is 3. The molecule has 27 heavy (non-hydrogen) atoms. The Morgan fingerprint density at radius 2 is 1.52 bits per heavy atom. The average molecular weight is 370 g/mol. The van der Waals surface area contributed by atoms with Crippen LogP contribution in [0.5, 0.6) is 5.75 Å². The molecule has 0 bridgehead atoms. The number of aldehydes is 1. The van der Waals surface area contributed by atoms with Crippen LogP contribution < -0.4 is 4.74 Å². The molecule has 0 saturated carbocycles. The molecule has 0 aliphatic carbocycles. The summed E-state index contributed by atoms with van der Waals surface area (Å²) in [5.41, 5.74) is 2.22. The van der Waals surface area contributed by atoms with Crippen molar-refractivity contribution in [2.24, 2.45) is 5.92 Å². The molecular formula is C23H30O4. The zero-order chi connectivity index (χ0) is 19.5. The van der Waals surface area contributed by atoms with E-state index < -0.39 is 0 Å². The third-order valence-corrected chi connectivity index (χ3v) is 4.64. The van der Waals surface area contributed by atoms with E-state index in [4.69, 9.17) is 14.2 Å². The van der Waals surface area contributed by atoms with Gasteiger partial charge in [0.1, 0.15) is 12.0 Å². The lowest BCUT2D eigenvalue weighted by Crippen LogP contribution is -2.31. The maximum Gasteiger partial charge on any atom is 0.120 e. The molecule has 2 aromatic rings. The molecule has 4 nitrogen and oxygen atoms in total. The fraction of sp³-hybridized carbons (Fsp3) is 0.435. The van der Waals surface area contributed by atoms with Gasteiger partial charge in [-0.2, -0.15) is 0 Å². The molecule has 0 heterocycles. The number of hydrogen-bond donors (Lipinski definition) is 0. The summed E-state index contributed by atoms with van der Waals surface area (Å²) in [6, 6.07) is 18.0. The van der Waals surface area contributed by atoms with Crippen molar-refractivity contribution in [2.75, 3.05) is 7.11 Å². The van der Waals surface area contributed by atoms with Crippen molar-refractivity contribution in [3.8, 4) is 5.75 Å². The van der Waals surface area contributed by atoms with E-state index in [0.717, 1.165) is 29.6 Å². The van der Waals surface area contributed by atoms with E-state index >= 15 is 0 Å². The molecular weight excluding hydrogens is 340 g/mol. The lowest BCUT2D eigenvalue weighted by molar-refractivity contribution is -0.110. The number of methoxy groups -OCH3 is 1. The zero-order valence-electron chi connectivity index (χ0n) is 16.5. The third kappa shape index (κ3) is 7.53. The van der Waals surface area contributed by atoms with Crippen molar-refractivity contribution in [1.82, 2.24) is 0 Å². The van der Waals surface area contributed by atoms with Gasteiger partial charge in [-0.15, -0.1) is 0 Å². The first-order chi connectivity index (χ1) is 13.1. The van der Waals surface area contributed by atoms with Crippen LogP contribution in [0.3, 0.4) is 0 Å². The summed E-state index contributed by atoms with van der Waals surface area (Å²) in [7, 11) is 1.65. The smallest absolute Gasteiger partial charge is 0.120 e. The van der Waals surface area contributed by atoms with E-state index in [0.29, 0.717) is 19.6 Å². The Morgan fingerprint density at radius 1 is 0.889 bits per heavy atom. The van der Waals surface area contributed by atoms with E-state index in [2.05, 4.69) is 19.1 Å². The molecule has 146 valence electrons. The largest absolute Gasteiger partial charge is 0.497 e. The van der Waals surface area contributed by atoms with E-state index in [-0.39, 0.29) is 18.1 Å². The lowest BCUT2D eigenvalue weighted by atomic mass is 9.98. The molecule has 0 fully saturated rings. The van der Waals surface area contributed by atoms with Crippen LogP contribution in [0.25, 0.3) is 0 Å². The second-order valence-electron chi connectivity index (χ2n) is 6.94. The van der Waals surface area contributed by atoms with Gasteiger partial charge < -0.3 is 19.0 Å². The maximum absolute atomic E-state index is 10.8. The Labute approximate surface area is 162 Å². The summed E-state index contributed by atoms with van der Waals surface area (Å²) >= 11 is 0. The van der Waals surface area contributed by atoms with Crippen LogP contribution in [0.2, 0.25) is 0 Å². The Bertz CT molecular complexity index is 654. The van der Waals surface area contributed by atoms with Crippen LogP contribution >= 0.6 is 0 Å². The van der Waals surface area contributed by atoms with Crippen LogP contribution in [0.1, 0.15) is 37.8 Å².